The molecule has 1 amide bonds. The van der Waals surface area contributed by atoms with E-state index < -0.39 is 0 Å². The first-order valence-electron chi connectivity index (χ1n) is 7.18. The van der Waals surface area contributed by atoms with Crippen LogP contribution in [0.3, 0.4) is 0 Å². The van der Waals surface area contributed by atoms with E-state index in [1.807, 2.05) is 24.6 Å². The van der Waals surface area contributed by atoms with Gasteiger partial charge in [0.1, 0.15) is 6.54 Å². The summed E-state index contributed by atoms with van der Waals surface area (Å²) in [5.74, 6) is 0.224. The summed E-state index contributed by atoms with van der Waals surface area (Å²) in [5, 5.41) is 7.82. The summed E-state index contributed by atoms with van der Waals surface area (Å²) in [6.45, 7) is 6.33. The number of aryl methyl sites for hydroxylation is 2. The van der Waals surface area contributed by atoms with Crippen LogP contribution in [-0.4, -0.2) is 45.8 Å². The van der Waals surface area contributed by atoms with E-state index in [9.17, 15) is 4.79 Å². The van der Waals surface area contributed by atoms with E-state index >= 15 is 0 Å². The van der Waals surface area contributed by atoms with Crippen molar-refractivity contribution in [2.24, 2.45) is 0 Å². The molecule has 3 rings (SSSR count). The molecule has 5 heteroatoms. The second-order valence-electron chi connectivity index (χ2n) is 5.76. The first-order chi connectivity index (χ1) is 9.15. The molecule has 1 N–H and O–H groups in total. The molecular formula is C14H22N4O. The maximum Gasteiger partial charge on any atom is 0.244 e. The van der Waals surface area contributed by atoms with Crippen molar-refractivity contribution in [3.63, 3.8) is 0 Å². The Labute approximate surface area is 114 Å². The lowest BCUT2D eigenvalue weighted by atomic mass is 10.1. The molecule has 1 aromatic rings. The van der Waals surface area contributed by atoms with Crippen LogP contribution >= 0.6 is 0 Å². The summed E-state index contributed by atoms with van der Waals surface area (Å²) in [6, 6.07) is 2.84. The van der Waals surface area contributed by atoms with Crippen LogP contribution in [0.1, 0.15) is 30.7 Å². The second-order valence-corrected chi connectivity index (χ2v) is 5.76. The van der Waals surface area contributed by atoms with E-state index in [1.165, 1.54) is 0 Å². The third kappa shape index (κ3) is 2.39. The lowest BCUT2D eigenvalue weighted by molar-refractivity contribution is -0.134. The predicted molar refractivity (Wildman–Crippen MR) is 72.8 cm³/mol. The van der Waals surface area contributed by atoms with E-state index in [4.69, 9.17) is 0 Å². The number of fused-ring (bicyclic) bond motifs is 2. The lowest BCUT2D eigenvalue weighted by Gasteiger charge is -2.28. The zero-order valence-corrected chi connectivity index (χ0v) is 11.7. The highest BCUT2D eigenvalue weighted by Gasteiger charge is 2.37. The van der Waals surface area contributed by atoms with Gasteiger partial charge in [-0.3, -0.25) is 9.48 Å². The van der Waals surface area contributed by atoms with Gasteiger partial charge in [0.05, 0.1) is 5.69 Å². The number of nitrogens with one attached hydrogen (secondary N) is 1. The molecule has 3 heterocycles. The van der Waals surface area contributed by atoms with Gasteiger partial charge in [-0.2, -0.15) is 5.10 Å². The van der Waals surface area contributed by atoms with Crippen molar-refractivity contribution in [3.8, 4) is 0 Å². The first kappa shape index (κ1) is 12.7. The first-order valence-corrected chi connectivity index (χ1v) is 7.18. The highest BCUT2D eigenvalue weighted by molar-refractivity contribution is 5.77. The van der Waals surface area contributed by atoms with E-state index in [0.717, 1.165) is 43.7 Å². The van der Waals surface area contributed by atoms with Gasteiger partial charge in [-0.1, -0.05) is 0 Å². The molecule has 104 valence electrons. The molecule has 2 saturated heterocycles. The second kappa shape index (κ2) is 4.96. The van der Waals surface area contributed by atoms with Crippen molar-refractivity contribution in [1.82, 2.24) is 20.0 Å². The van der Waals surface area contributed by atoms with Crippen LogP contribution in [-0.2, 0) is 11.3 Å². The summed E-state index contributed by atoms with van der Waals surface area (Å²) in [4.78, 5) is 14.7. The molecule has 0 aromatic carbocycles. The SMILES string of the molecule is Cc1cc(C)n(CC(=O)N2C3CCNCC2CC3)n1. The summed E-state index contributed by atoms with van der Waals surface area (Å²) < 4.78 is 1.83. The quantitative estimate of drug-likeness (QED) is 0.860. The van der Waals surface area contributed by atoms with Gasteiger partial charge in [0, 0.05) is 24.3 Å². The third-order valence-corrected chi connectivity index (χ3v) is 4.33. The van der Waals surface area contributed by atoms with E-state index in [-0.39, 0.29) is 5.91 Å². The highest BCUT2D eigenvalue weighted by Crippen LogP contribution is 2.28. The van der Waals surface area contributed by atoms with Crippen LogP contribution in [0.25, 0.3) is 0 Å². The van der Waals surface area contributed by atoms with Crippen molar-refractivity contribution >= 4 is 5.91 Å². The Morgan fingerprint density at radius 2 is 2.16 bits per heavy atom. The molecule has 0 radical (unpaired) electrons. The number of carbonyl (C=O) groups is 1. The monoisotopic (exact) mass is 262 g/mol. The zero-order valence-electron chi connectivity index (χ0n) is 11.7. The fourth-order valence-electron chi connectivity index (χ4n) is 3.43. The van der Waals surface area contributed by atoms with Crippen LogP contribution in [0.4, 0.5) is 0 Å². The van der Waals surface area contributed by atoms with Gasteiger partial charge in [0.2, 0.25) is 5.91 Å². The molecule has 1 aromatic heterocycles. The summed E-state index contributed by atoms with van der Waals surface area (Å²) in [6.07, 6.45) is 3.38. The standard InChI is InChI=1S/C14H22N4O/c1-10-7-11(2)17(16-10)9-14(19)18-12-3-4-13(18)8-15-6-5-12/h7,12-13,15H,3-6,8-9H2,1-2H3. The van der Waals surface area contributed by atoms with Gasteiger partial charge >= 0.3 is 0 Å². The van der Waals surface area contributed by atoms with Gasteiger partial charge in [0.25, 0.3) is 0 Å². The number of aromatic nitrogens is 2. The van der Waals surface area contributed by atoms with Gasteiger partial charge in [-0.15, -0.1) is 0 Å². The Morgan fingerprint density at radius 3 is 2.89 bits per heavy atom. The molecule has 0 saturated carbocycles. The lowest BCUT2D eigenvalue weighted by Crippen LogP contribution is -2.44. The Morgan fingerprint density at radius 1 is 1.37 bits per heavy atom. The van der Waals surface area contributed by atoms with E-state index in [0.29, 0.717) is 18.6 Å². The van der Waals surface area contributed by atoms with Crippen LogP contribution < -0.4 is 5.32 Å². The minimum Gasteiger partial charge on any atom is -0.334 e. The van der Waals surface area contributed by atoms with Crippen molar-refractivity contribution in [1.29, 1.82) is 0 Å². The molecule has 2 bridgehead atoms. The Balaban J connectivity index is 1.75. The number of carbonyl (C=O) groups excluding carboxylic acids is 1. The number of hydrogen-bond donors (Lipinski definition) is 1. The number of amides is 1. The smallest absolute Gasteiger partial charge is 0.244 e. The Bertz CT molecular complexity index is 468. The minimum absolute atomic E-state index is 0.224. The summed E-state index contributed by atoms with van der Waals surface area (Å²) >= 11 is 0. The fourth-order valence-corrected chi connectivity index (χ4v) is 3.43. The van der Waals surface area contributed by atoms with Crippen LogP contribution in [0.15, 0.2) is 6.07 Å². The molecule has 0 aliphatic carbocycles. The van der Waals surface area contributed by atoms with Crippen molar-refractivity contribution in [2.75, 3.05) is 13.1 Å². The van der Waals surface area contributed by atoms with Crippen LogP contribution in [0, 0.1) is 13.8 Å². The van der Waals surface area contributed by atoms with E-state index in [2.05, 4.69) is 15.3 Å². The van der Waals surface area contributed by atoms with Crippen molar-refractivity contribution < 1.29 is 4.79 Å². The molecule has 2 unspecified atom stereocenters. The molecular weight excluding hydrogens is 240 g/mol. The van der Waals surface area contributed by atoms with Crippen molar-refractivity contribution in [3.05, 3.63) is 17.5 Å². The highest BCUT2D eigenvalue weighted by atomic mass is 16.2. The summed E-state index contributed by atoms with van der Waals surface area (Å²) in [7, 11) is 0. The zero-order chi connectivity index (χ0) is 13.4. The number of nitrogens with zero attached hydrogens (tertiary/aromatic N) is 3. The van der Waals surface area contributed by atoms with E-state index in [1.54, 1.807) is 0 Å². The number of hydrogen-bond acceptors (Lipinski definition) is 3. The summed E-state index contributed by atoms with van der Waals surface area (Å²) in [5.41, 5.74) is 2.04. The Kier molecular flexibility index (Phi) is 3.31. The molecule has 2 aliphatic heterocycles. The topological polar surface area (TPSA) is 50.2 Å². The normalized spacial score (nSPS) is 26.5. The molecule has 5 nitrogen and oxygen atoms in total. The molecule has 0 spiro atoms. The van der Waals surface area contributed by atoms with Crippen LogP contribution in [0.5, 0.6) is 0 Å². The maximum absolute atomic E-state index is 12.6. The molecule has 2 aliphatic rings. The van der Waals surface area contributed by atoms with Crippen LogP contribution in [0.2, 0.25) is 0 Å². The number of rotatable bonds is 2. The average molecular weight is 262 g/mol. The molecule has 2 atom stereocenters. The predicted octanol–water partition coefficient (Wildman–Crippen LogP) is 0.853. The largest absolute Gasteiger partial charge is 0.334 e. The minimum atomic E-state index is 0.224. The van der Waals surface area contributed by atoms with Gasteiger partial charge < -0.3 is 10.2 Å². The van der Waals surface area contributed by atoms with Gasteiger partial charge in [-0.05, 0) is 45.7 Å². The van der Waals surface area contributed by atoms with Gasteiger partial charge in [-0.25, -0.2) is 0 Å². The maximum atomic E-state index is 12.6. The molecule has 2 fully saturated rings. The average Bonchev–Trinajstić information content (AvgIpc) is 2.78. The van der Waals surface area contributed by atoms with Crippen molar-refractivity contribution in [2.45, 2.75) is 51.7 Å². The van der Waals surface area contributed by atoms with Gasteiger partial charge in [0.15, 0.2) is 0 Å². The molecule has 19 heavy (non-hydrogen) atoms. The Hall–Kier alpha value is -1.36. The third-order valence-electron chi connectivity index (χ3n) is 4.33. The fraction of sp³-hybridized carbons (Fsp3) is 0.714.